The van der Waals surface area contributed by atoms with E-state index in [1.54, 1.807) is 6.21 Å². The van der Waals surface area contributed by atoms with E-state index in [-0.39, 0.29) is 38.7 Å². The van der Waals surface area contributed by atoms with Gasteiger partial charge in [-0.05, 0) is 79.6 Å². The molecule has 0 spiro atoms. The van der Waals surface area contributed by atoms with E-state index in [2.05, 4.69) is 67.0 Å². The minimum Gasteiger partial charge on any atom is -0.872 e. The van der Waals surface area contributed by atoms with Gasteiger partial charge in [-0.1, -0.05) is 42.6 Å². The zero-order valence-electron chi connectivity index (χ0n) is 23.5. The maximum atomic E-state index is 12.7. The molecule has 0 amide bonds. The Bertz CT molecular complexity index is 802. The zero-order chi connectivity index (χ0) is 28.7. The van der Waals surface area contributed by atoms with Gasteiger partial charge in [-0.25, -0.2) is 0 Å². The first-order chi connectivity index (χ1) is 16.7. The molecule has 0 bridgehead atoms. The summed E-state index contributed by atoms with van der Waals surface area (Å²) in [5, 5.41) is 39.0. The van der Waals surface area contributed by atoms with Crippen LogP contribution in [0.3, 0.4) is 0 Å². The predicted molar refractivity (Wildman–Crippen MR) is 143 cm³/mol. The van der Waals surface area contributed by atoms with Crippen LogP contribution in [-0.4, -0.2) is 98.9 Å². The monoisotopic (exact) mass is 639 g/mol. The Kier molecular flexibility index (Phi) is 36.3. The Morgan fingerprint density at radius 1 is 1.05 bits per heavy atom. The van der Waals surface area contributed by atoms with Crippen molar-refractivity contribution in [2.24, 2.45) is 4.99 Å². The van der Waals surface area contributed by atoms with Crippen molar-refractivity contribution in [1.29, 1.82) is 0 Å². The van der Waals surface area contributed by atoms with Gasteiger partial charge in [-0.15, -0.1) is 0 Å². The molecule has 0 heterocycles. The zero-order valence-corrected chi connectivity index (χ0v) is 26.3. The fourth-order valence-electron chi connectivity index (χ4n) is 2.66. The van der Waals surface area contributed by atoms with Crippen molar-refractivity contribution in [3.8, 4) is 5.75 Å². The molecule has 0 aliphatic carbocycles. The molecule has 0 aliphatic heterocycles. The number of thiocarbonyl (C=S) groups is 1. The molecule has 0 fully saturated rings. The van der Waals surface area contributed by atoms with Gasteiger partial charge in [0, 0.05) is 44.3 Å². The Morgan fingerprint density at radius 3 is 1.89 bits per heavy atom. The van der Waals surface area contributed by atoms with E-state index in [1.165, 1.54) is 5.16 Å². The molecule has 1 aromatic rings. The topological polar surface area (TPSA) is 148 Å². The number of carboxylic acids is 2. The van der Waals surface area contributed by atoms with Crippen LogP contribution < -0.4 is 15.3 Å². The van der Waals surface area contributed by atoms with Gasteiger partial charge in [-0.3, -0.25) is 9.89 Å². The van der Waals surface area contributed by atoms with Gasteiger partial charge in [0.05, 0.1) is 0 Å². The first kappa shape index (κ1) is 46.2. The van der Waals surface area contributed by atoms with Gasteiger partial charge >= 0.3 is 33.0 Å². The van der Waals surface area contributed by atoms with Crippen LogP contribution in [0.2, 0.25) is 0 Å². The van der Waals surface area contributed by atoms with Crippen molar-refractivity contribution in [3.63, 3.8) is 0 Å². The average molecular weight is 641 g/mol. The summed E-state index contributed by atoms with van der Waals surface area (Å²) in [6, 6.07) is 3.96. The van der Waals surface area contributed by atoms with Gasteiger partial charge in [-0.2, -0.15) is 5.16 Å². The third-order valence-corrected chi connectivity index (χ3v) is 4.17. The van der Waals surface area contributed by atoms with Crippen LogP contribution in [0.5, 0.6) is 5.75 Å². The molecule has 0 aromatic heterocycles. The molecule has 0 N–H and O–H groups in total. The normalized spacial score (nSPS) is 9.55. The number of carboxylic acid groups (broad SMARTS) is 2. The Labute approximate surface area is 253 Å². The molecule has 221 valence electrons. The van der Waals surface area contributed by atoms with Crippen molar-refractivity contribution in [3.05, 3.63) is 34.2 Å². The summed E-state index contributed by atoms with van der Waals surface area (Å²) in [7, 11) is 8.26. The van der Waals surface area contributed by atoms with Crippen molar-refractivity contribution in [2.45, 2.75) is 40.7 Å². The summed E-state index contributed by atoms with van der Waals surface area (Å²) in [5.41, 5.74) is 2.70. The third-order valence-electron chi connectivity index (χ3n) is 4.17. The van der Waals surface area contributed by atoms with Crippen LogP contribution in [0.25, 0.3) is 5.41 Å². The molecule has 10 nitrogen and oxygen atoms in total. The van der Waals surface area contributed by atoms with Crippen LogP contribution in [0.15, 0.2) is 17.1 Å². The number of benzene rings is 1. The molecule has 0 unspecified atom stereocenters. The maximum Gasteiger partial charge on any atom is 3.00 e. The quantitative estimate of drug-likeness (QED) is 0.141. The summed E-state index contributed by atoms with van der Waals surface area (Å²) in [5.74, 6) is -2.05. The summed E-state index contributed by atoms with van der Waals surface area (Å²) in [6.07, 6.45) is 2.76. The number of carbonyl (C=O) groups excluding carboxylic acids is 2. The van der Waals surface area contributed by atoms with E-state index in [9.17, 15) is 5.11 Å². The molecule has 13 heteroatoms. The fourth-order valence-corrected chi connectivity index (χ4v) is 2.66. The minimum absolute atomic E-state index is 0. The number of hydrogen-bond donors (Lipinski definition) is 0. The van der Waals surface area contributed by atoms with Gasteiger partial charge in [0.2, 0.25) is 0 Å². The second kappa shape index (κ2) is 29.8. The number of aliphatic carboxylic acids is 2. The Balaban J connectivity index is -0.000000237. The number of hydrogen-bond acceptors (Lipinski definition) is 10. The maximum absolute atomic E-state index is 12.7. The van der Waals surface area contributed by atoms with Crippen LogP contribution in [0.4, 0.5) is 0 Å². The van der Waals surface area contributed by atoms with E-state index in [4.69, 9.17) is 25.2 Å². The van der Waals surface area contributed by atoms with E-state index in [0.717, 1.165) is 64.1 Å². The summed E-state index contributed by atoms with van der Waals surface area (Å²) >= 11 is 3.70. The average Bonchev–Trinajstić information content (AvgIpc) is 2.73. The van der Waals surface area contributed by atoms with Crippen molar-refractivity contribution < 1.29 is 57.9 Å². The molecule has 0 aliphatic rings. The molecule has 1 aromatic carbocycles. The van der Waals surface area contributed by atoms with Gasteiger partial charge < -0.3 is 40.1 Å². The molecular weight excluding hydrogens is 600 g/mol. The number of likely N-dealkylation sites (N-methyl/N-ethyl adjacent to an activating group) is 2. The van der Waals surface area contributed by atoms with Crippen molar-refractivity contribution >= 4 is 35.5 Å². The summed E-state index contributed by atoms with van der Waals surface area (Å²) in [6.45, 7) is 11.5. The van der Waals surface area contributed by atoms with Gasteiger partial charge in [0.15, 0.2) is 0 Å². The fraction of sp³-hybridized carbons (Fsp3) is 0.600. The second-order valence-corrected chi connectivity index (χ2v) is 8.46. The number of rotatable bonds is 11. The number of isothiocyanates is 1. The van der Waals surface area contributed by atoms with Crippen LogP contribution in [0.1, 0.15) is 43.9 Å². The molecule has 0 saturated heterocycles. The van der Waals surface area contributed by atoms with E-state index >= 15 is 0 Å². The predicted octanol–water partition coefficient (Wildman–Crippen LogP) is -0.0113. The van der Waals surface area contributed by atoms with Crippen LogP contribution in [0, 0.1) is 6.92 Å². The van der Waals surface area contributed by atoms with Crippen LogP contribution in [-0.2, 0) is 49.1 Å². The van der Waals surface area contributed by atoms with E-state index in [1.807, 2.05) is 19.1 Å². The molecule has 1 rings (SSSR count). The molecule has 38 heavy (non-hydrogen) atoms. The Hall–Kier alpha value is -1.70. The number of nitrogens with zero attached hydrogens (tertiary/aromatic N) is 5. The summed E-state index contributed by atoms with van der Waals surface area (Å²) < 4.78 is 0. The van der Waals surface area contributed by atoms with Crippen molar-refractivity contribution in [2.75, 3.05) is 60.9 Å². The smallest absolute Gasteiger partial charge is 0.872 e. The SMILES string of the molecule is CC(=O)[O-].CC(=O)[O-].CCN(CCN(C)C)Cc1cc(C)cc(C=NCCCN(C)C)c1[O-].[N-]=C=S.[Ni+2].[Ni+3]. The van der Waals surface area contributed by atoms with E-state index in [0.29, 0.717) is 12.1 Å². The molecule has 0 saturated carbocycles. The number of carbonyl (C=O) groups is 2. The molecule has 0 atom stereocenters. The number of aryl methyl sites for hydroxylation is 1. The molecular formula is C25H41N5Ni2O5S+. The standard InChI is InChI=1S/C20H36N4O.2C2H4O2.CNS.2Ni/c1-7-24(12-11-23(5)6)16-19-14-17(2)13-18(20(19)25)15-21-9-8-10-22(3)4;2*1-2(3)4;2-1-3;;/h13-15,25H,7-12,16H2,1-6H3;2*1H3,(H,3,4);;;/q;;;-1;+2;+3/p-3. The van der Waals surface area contributed by atoms with Gasteiger partial charge in [0.25, 0.3) is 0 Å². The molecule has 1 radical (unpaired) electrons. The number of aliphatic imine (C=N–C) groups is 1. The minimum atomic E-state index is -1.08. The third kappa shape index (κ3) is 34.3. The van der Waals surface area contributed by atoms with Crippen molar-refractivity contribution in [1.82, 2.24) is 14.7 Å². The first-order valence-corrected chi connectivity index (χ1v) is 11.8. The first-order valence-electron chi connectivity index (χ1n) is 11.4. The van der Waals surface area contributed by atoms with E-state index < -0.39 is 11.9 Å². The Morgan fingerprint density at radius 2 is 1.50 bits per heavy atom. The van der Waals surface area contributed by atoms with Gasteiger partial charge in [0.1, 0.15) is 0 Å². The summed E-state index contributed by atoms with van der Waals surface area (Å²) in [4.78, 5) is 28.8. The van der Waals surface area contributed by atoms with Crippen LogP contribution >= 0.6 is 12.2 Å². The second-order valence-electron chi connectivity index (χ2n) is 8.28. The largest absolute Gasteiger partial charge is 3.00 e.